The fourth-order valence-corrected chi connectivity index (χ4v) is 7.09. The third kappa shape index (κ3) is 17.7. The van der Waals surface area contributed by atoms with Crippen LogP contribution in [0.15, 0.2) is 107 Å². The molecular formula is C42H54CaO8S2. The molecule has 53 heavy (non-hydrogen) atoms. The maximum atomic E-state index is 11.4. The van der Waals surface area contributed by atoms with Gasteiger partial charge < -0.3 is 18.6 Å². The number of unbranched alkanes of at least 4 members (excludes halogenated alkanes) is 12. The van der Waals surface area contributed by atoms with E-state index in [1.807, 2.05) is 48.5 Å². The van der Waals surface area contributed by atoms with Crippen LogP contribution >= 0.6 is 0 Å². The van der Waals surface area contributed by atoms with E-state index < -0.39 is 20.2 Å². The molecule has 0 bridgehead atoms. The fourth-order valence-electron chi connectivity index (χ4n) is 5.88. The van der Waals surface area contributed by atoms with E-state index in [0.717, 1.165) is 36.8 Å². The molecule has 0 aliphatic heterocycles. The minimum Gasteiger partial charge on any atom is -0.744 e. The minimum atomic E-state index is -4.57. The molecule has 0 saturated carbocycles. The van der Waals surface area contributed by atoms with Gasteiger partial charge in [0.1, 0.15) is 43.2 Å². The molecule has 0 N–H and O–H groups in total. The molecule has 4 rings (SSSR count). The molecule has 4 aromatic carbocycles. The van der Waals surface area contributed by atoms with Crippen LogP contribution in [0.3, 0.4) is 0 Å². The van der Waals surface area contributed by atoms with Crippen molar-refractivity contribution in [3.8, 4) is 23.0 Å². The molecule has 0 amide bonds. The molecule has 0 atom stereocenters. The zero-order valence-electron chi connectivity index (χ0n) is 31.3. The molecule has 0 saturated heterocycles. The van der Waals surface area contributed by atoms with E-state index in [9.17, 15) is 25.9 Å². The van der Waals surface area contributed by atoms with Gasteiger partial charge >= 0.3 is 37.7 Å². The Morgan fingerprint density at radius 3 is 1.04 bits per heavy atom. The number of rotatable bonds is 22. The van der Waals surface area contributed by atoms with Gasteiger partial charge in [0, 0.05) is 0 Å². The van der Waals surface area contributed by atoms with Crippen LogP contribution in [0.4, 0.5) is 0 Å². The summed E-state index contributed by atoms with van der Waals surface area (Å²) in [6, 6.07) is 27.1. The Morgan fingerprint density at radius 1 is 0.415 bits per heavy atom. The zero-order chi connectivity index (χ0) is 37.7. The first-order valence-corrected chi connectivity index (χ1v) is 21.5. The van der Waals surface area contributed by atoms with Gasteiger partial charge in [0.05, 0.1) is 9.79 Å². The summed E-state index contributed by atoms with van der Waals surface area (Å²) in [6.07, 6.45) is 19.0. The molecule has 0 aromatic heterocycles. The predicted octanol–water partition coefficient (Wildman–Crippen LogP) is 11.0. The molecule has 284 valence electrons. The normalized spacial score (nSPS) is 11.2. The van der Waals surface area contributed by atoms with Crippen LogP contribution in [0.5, 0.6) is 23.0 Å². The number of benzene rings is 4. The van der Waals surface area contributed by atoms with Crippen molar-refractivity contribution >= 4 is 58.0 Å². The first-order valence-electron chi connectivity index (χ1n) is 18.7. The molecule has 11 heteroatoms. The van der Waals surface area contributed by atoms with E-state index in [2.05, 4.69) is 13.8 Å². The molecule has 0 radical (unpaired) electrons. The van der Waals surface area contributed by atoms with E-state index in [-0.39, 0.29) is 59.0 Å². The van der Waals surface area contributed by atoms with Gasteiger partial charge in [-0.05, 0) is 73.2 Å². The number of ether oxygens (including phenoxy) is 2. The third-order valence-corrected chi connectivity index (χ3v) is 10.5. The summed E-state index contributed by atoms with van der Waals surface area (Å²) in [5.74, 6) is 1.37. The Hall–Kier alpha value is -2.44. The van der Waals surface area contributed by atoms with Gasteiger partial charge in [-0.25, -0.2) is 16.8 Å². The molecule has 8 nitrogen and oxygen atoms in total. The smallest absolute Gasteiger partial charge is 0.744 e. The van der Waals surface area contributed by atoms with Crippen LogP contribution in [-0.4, -0.2) is 63.7 Å². The average molecular weight is 791 g/mol. The maximum Gasteiger partial charge on any atom is 2.00 e. The number of hydrogen-bond donors (Lipinski definition) is 0. The third-order valence-electron chi connectivity index (χ3n) is 8.72. The van der Waals surface area contributed by atoms with Gasteiger partial charge in [-0.2, -0.15) is 0 Å². The Balaban J connectivity index is 0.000000360. The predicted molar refractivity (Wildman–Crippen MR) is 211 cm³/mol. The molecular weight excluding hydrogens is 737 g/mol. The SMILES string of the molecule is CCCCCCCCCc1ccccc1Oc1ccccc1S(=O)(=O)[O-].CCCCCCCCCc1ccccc1Oc1ccccc1S(=O)(=O)[O-].[Ca+2]. The van der Waals surface area contributed by atoms with Crippen LogP contribution in [0, 0.1) is 0 Å². The van der Waals surface area contributed by atoms with Crippen molar-refractivity contribution in [3.05, 3.63) is 108 Å². The Morgan fingerprint density at radius 2 is 0.698 bits per heavy atom. The van der Waals surface area contributed by atoms with E-state index in [4.69, 9.17) is 9.47 Å². The van der Waals surface area contributed by atoms with Crippen molar-refractivity contribution in [2.45, 2.75) is 126 Å². The summed E-state index contributed by atoms with van der Waals surface area (Å²) in [7, 11) is -9.15. The van der Waals surface area contributed by atoms with Crippen LogP contribution < -0.4 is 9.47 Å². The molecule has 0 aliphatic rings. The Kier molecular flexibility index (Phi) is 22.6. The molecule has 0 spiro atoms. The Bertz CT molecular complexity index is 1710. The monoisotopic (exact) mass is 790 g/mol. The standard InChI is InChI=1S/2C21H28O4S.Ca/c2*1-2-3-4-5-6-7-8-13-18-14-9-10-15-19(18)25-20-16-11-12-17-21(20)26(22,23)24;/h2*9-12,14-17H,2-8,13H2,1H3,(H,22,23,24);/q;;+2/p-2. The first-order chi connectivity index (χ1) is 25.0. The van der Waals surface area contributed by atoms with E-state index in [0.29, 0.717) is 11.5 Å². The van der Waals surface area contributed by atoms with Crippen LogP contribution in [0.2, 0.25) is 0 Å². The summed E-state index contributed by atoms with van der Waals surface area (Å²) in [5.41, 5.74) is 2.05. The average Bonchev–Trinajstić information content (AvgIpc) is 3.12. The largest absolute Gasteiger partial charge is 2.00 e. The van der Waals surface area contributed by atoms with Crippen molar-refractivity contribution in [2.24, 2.45) is 0 Å². The fraction of sp³-hybridized carbons (Fsp3) is 0.429. The van der Waals surface area contributed by atoms with Gasteiger partial charge in [0.2, 0.25) is 0 Å². The Labute approximate surface area is 348 Å². The second-order valence-corrected chi connectivity index (χ2v) is 15.7. The summed E-state index contributed by atoms with van der Waals surface area (Å²) >= 11 is 0. The first kappa shape index (κ1) is 46.7. The van der Waals surface area contributed by atoms with Crippen molar-refractivity contribution in [2.75, 3.05) is 0 Å². The van der Waals surface area contributed by atoms with Gasteiger partial charge in [-0.3, -0.25) is 0 Å². The molecule has 0 heterocycles. The second-order valence-electron chi connectivity index (χ2n) is 13.0. The summed E-state index contributed by atoms with van der Waals surface area (Å²) in [6.45, 7) is 4.43. The molecule has 0 fully saturated rings. The number of hydrogen-bond acceptors (Lipinski definition) is 8. The van der Waals surface area contributed by atoms with Crippen molar-refractivity contribution < 1.29 is 35.4 Å². The number of para-hydroxylation sites is 4. The van der Waals surface area contributed by atoms with Gasteiger partial charge in [0.15, 0.2) is 0 Å². The quantitative estimate of drug-likeness (QED) is 0.0436. The topological polar surface area (TPSA) is 133 Å². The van der Waals surface area contributed by atoms with E-state index in [1.54, 1.807) is 12.1 Å². The van der Waals surface area contributed by atoms with Crippen molar-refractivity contribution in [1.29, 1.82) is 0 Å². The van der Waals surface area contributed by atoms with E-state index in [1.165, 1.54) is 113 Å². The number of aryl methyl sites for hydroxylation is 2. The van der Waals surface area contributed by atoms with E-state index >= 15 is 0 Å². The summed E-state index contributed by atoms with van der Waals surface area (Å²) in [4.78, 5) is -0.656. The molecule has 0 aliphatic carbocycles. The zero-order valence-corrected chi connectivity index (χ0v) is 35.2. The summed E-state index contributed by atoms with van der Waals surface area (Å²) in [5, 5.41) is 0. The summed E-state index contributed by atoms with van der Waals surface area (Å²) < 4.78 is 80.1. The van der Waals surface area contributed by atoms with Crippen molar-refractivity contribution in [3.63, 3.8) is 0 Å². The minimum absolute atomic E-state index is 0. The van der Waals surface area contributed by atoms with Gasteiger partial charge in [-0.1, -0.05) is 152 Å². The molecule has 0 unspecified atom stereocenters. The maximum absolute atomic E-state index is 11.4. The molecule has 4 aromatic rings. The van der Waals surface area contributed by atoms with Gasteiger partial charge in [0.25, 0.3) is 0 Å². The van der Waals surface area contributed by atoms with Crippen LogP contribution in [0.25, 0.3) is 0 Å². The second kappa shape index (κ2) is 25.6. The van der Waals surface area contributed by atoms with Gasteiger partial charge in [-0.15, -0.1) is 0 Å². The van der Waals surface area contributed by atoms with Crippen LogP contribution in [-0.2, 0) is 33.1 Å². The van der Waals surface area contributed by atoms with Crippen molar-refractivity contribution in [1.82, 2.24) is 0 Å². The van der Waals surface area contributed by atoms with Crippen LogP contribution in [0.1, 0.15) is 115 Å².